The molecular weight excluding hydrogens is 386 g/mol. The summed E-state index contributed by atoms with van der Waals surface area (Å²) < 4.78 is 1.27. The van der Waals surface area contributed by atoms with Crippen LogP contribution in [-0.4, -0.2) is 22.2 Å². The van der Waals surface area contributed by atoms with Gasteiger partial charge in [0.25, 0.3) is 5.56 Å². The molecule has 1 amide bonds. The smallest absolute Gasteiger partial charge is 0.267 e. The zero-order valence-electron chi connectivity index (χ0n) is 17.4. The molecule has 31 heavy (non-hydrogen) atoms. The van der Waals surface area contributed by atoms with Gasteiger partial charge in [-0.05, 0) is 54.3 Å². The third kappa shape index (κ3) is 3.75. The average molecular weight is 409 g/mol. The monoisotopic (exact) mass is 409 g/mol. The molecule has 2 heterocycles. The molecule has 5 nitrogen and oxygen atoms in total. The molecule has 4 aromatic rings. The molecule has 3 aromatic carbocycles. The minimum atomic E-state index is -0.279. The van der Waals surface area contributed by atoms with Gasteiger partial charge in [-0.3, -0.25) is 9.59 Å². The summed E-state index contributed by atoms with van der Waals surface area (Å²) in [5, 5.41) is 6.77. The van der Waals surface area contributed by atoms with Crippen LogP contribution in [0.25, 0.3) is 22.0 Å². The molecule has 1 aromatic heterocycles. The topological polar surface area (TPSA) is 55.2 Å². The fourth-order valence-electron chi connectivity index (χ4n) is 4.26. The number of hydrogen-bond donors (Lipinski definition) is 0. The van der Waals surface area contributed by atoms with Crippen LogP contribution in [-0.2, 0) is 17.8 Å². The van der Waals surface area contributed by atoms with Crippen LogP contribution in [0.5, 0.6) is 0 Å². The fourth-order valence-corrected chi connectivity index (χ4v) is 4.26. The van der Waals surface area contributed by atoms with Gasteiger partial charge in [-0.1, -0.05) is 54.1 Å². The molecule has 5 rings (SSSR count). The minimum Gasteiger partial charge on any atom is -0.311 e. The number of carbonyl (C=O) groups is 1. The van der Waals surface area contributed by atoms with Crippen molar-refractivity contribution in [3.63, 3.8) is 0 Å². The minimum absolute atomic E-state index is 0.0758. The molecule has 5 heteroatoms. The summed E-state index contributed by atoms with van der Waals surface area (Å²) in [5.74, 6) is -0.116. The lowest BCUT2D eigenvalue weighted by Gasteiger charge is -2.30. The highest BCUT2D eigenvalue weighted by molar-refractivity contribution is 5.94. The van der Waals surface area contributed by atoms with E-state index >= 15 is 0 Å². The zero-order chi connectivity index (χ0) is 21.4. The van der Waals surface area contributed by atoms with Crippen molar-refractivity contribution in [3.05, 3.63) is 94.3 Å². The van der Waals surface area contributed by atoms with E-state index < -0.39 is 0 Å². The first kappa shape index (κ1) is 19.2. The van der Waals surface area contributed by atoms with Crippen LogP contribution >= 0.6 is 0 Å². The second-order valence-corrected chi connectivity index (χ2v) is 8.06. The van der Waals surface area contributed by atoms with E-state index in [-0.39, 0.29) is 18.0 Å². The molecule has 154 valence electrons. The van der Waals surface area contributed by atoms with Gasteiger partial charge < -0.3 is 4.90 Å². The lowest BCUT2D eigenvalue weighted by molar-refractivity contribution is -0.119. The van der Waals surface area contributed by atoms with Crippen molar-refractivity contribution in [3.8, 4) is 11.3 Å². The van der Waals surface area contributed by atoms with E-state index in [2.05, 4.69) is 30.2 Å². The largest absolute Gasteiger partial charge is 0.311 e. The maximum atomic E-state index is 13.1. The molecule has 0 radical (unpaired) electrons. The third-order valence-corrected chi connectivity index (χ3v) is 5.85. The van der Waals surface area contributed by atoms with Gasteiger partial charge in [0.15, 0.2) is 0 Å². The van der Waals surface area contributed by atoms with Gasteiger partial charge in [-0.2, -0.15) is 5.10 Å². The molecule has 0 saturated carbocycles. The highest BCUT2D eigenvalue weighted by Gasteiger charge is 2.23. The van der Waals surface area contributed by atoms with Crippen LogP contribution in [0.3, 0.4) is 0 Å². The van der Waals surface area contributed by atoms with Crippen molar-refractivity contribution in [1.82, 2.24) is 9.78 Å². The number of anilines is 1. The number of aromatic nitrogens is 2. The number of benzene rings is 3. The van der Waals surface area contributed by atoms with E-state index in [4.69, 9.17) is 0 Å². The number of hydrogen-bond acceptors (Lipinski definition) is 3. The normalized spacial score (nSPS) is 13.3. The molecule has 1 aliphatic rings. The summed E-state index contributed by atoms with van der Waals surface area (Å²) in [7, 11) is 0. The molecule has 0 unspecified atom stereocenters. The summed E-state index contributed by atoms with van der Waals surface area (Å²) in [6.45, 7) is 2.64. The summed E-state index contributed by atoms with van der Waals surface area (Å²) in [4.78, 5) is 27.4. The van der Waals surface area contributed by atoms with E-state index in [0.29, 0.717) is 12.2 Å². The Bertz CT molecular complexity index is 1360. The Morgan fingerprint density at radius 1 is 0.968 bits per heavy atom. The van der Waals surface area contributed by atoms with E-state index in [1.54, 1.807) is 11.0 Å². The number of rotatable bonds is 3. The van der Waals surface area contributed by atoms with E-state index in [9.17, 15) is 9.59 Å². The number of nitrogens with zero attached hydrogens (tertiary/aromatic N) is 3. The average Bonchev–Trinajstić information content (AvgIpc) is 2.79. The Morgan fingerprint density at radius 2 is 1.81 bits per heavy atom. The molecule has 0 bridgehead atoms. The SMILES string of the molecule is Cc1ccc2c(c1)CCCN2C(=O)Cn1nc(-c2ccc3ccccc3c2)ccc1=O. The quantitative estimate of drug-likeness (QED) is 0.505. The van der Waals surface area contributed by atoms with Crippen molar-refractivity contribution in [2.75, 3.05) is 11.4 Å². The first-order valence-corrected chi connectivity index (χ1v) is 10.6. The van der Waals surface area contributed by atoms with Gasteiger partial charge in [-0.25, -0.2) is 4.68 Å². The van der Waals surface area contributed by atoms with E-state index in [1.165, 1.54) is 21.9 Å². The molecule has 0 fully saturated rings. The molecule has 0 saturated heterocycles. The van der Waals surface area contributed by atoms with Crippen molar-refractivity contribution < 1.29 is 4.79 Å². The molecule has 0 N–H and O–H groups in total. The summed E-state index contributed by atoms with van der Waals surface area (Å²) >= 11 is 0. The maximum Gasteiger partial charge on any atom is 0.267 e. The summed E-state index contributed by atoms with van der Waals surface area (Å²) in [6, 6.07) is 23.6. The van der Waals surface area contributed by atoms with Crippen LogP contribution < -0.4 is 10.5 Å². The predicted octanol–water partition coefficient (Wildman–Crippen LogP) is 4.35. The highest BCUT2D eigenvalue weighted by Crippen LogP contribution is 2.28. The van der Waals surface area contributed by atoms with Gasteiger partial charge in [-0.15, -0.1) is 0 Å². The number of aryl methyl sites for hydroxylation is 2. The molecule has 0 atom stereocenters. The number of amides is 1. The number of carbonyl (C=O) groups excluding carboxylic acids is 1. The van der Waals surface area contributed by atoms with Crippen LogP contribution in [0.2, 0.25) is 0 Å². The number of fused-ring (bicyclic) bond motifs is 2. The Labute approximate surface area is 180 Å². The third-order valence-electron chi connectivity index (χ3n) is 5.85. The van der Waals surface area contributed by atoms with Crippen molar-refractivity contribution in [1.29, 1.82) is 0 Å². The Balaban J connectivity index is 1.45. The van der Waals surface area contributed by atoms with Gasteiger partial charge in [0, 0.05) is 23.9 Å². The van der Waals surface area contributed by atoms with Crippen LogP contribution in [0, 0.1) is 6.92 Å². The Hall–Kier alpha value is -3.73. The van der Waals surface area contributed by atoms with Crippen molar-refractivity contribution >= 4 is 22.4 Å². The van der Waals surface area contributed by atoms with E-state index in [0.717, 1.165) is 34.9 Å². The van der Waals surface area contributed by atoms with Crippen molar-refractivity contribution in [2.45, 2.75) is 26.3 Å². The van der Waals surface area contributed by atoms with Gasteiger partial charge in [0.2, 0.25) is 5.91 Å². The van der Waals surface area contributed by atoms with Crippen LogP contribution in [0.4, 0.5) is 5.69 Å². The first-order valence-electron chi connectivity index (χ1n) is 10.6. The second-order valence-electron chi connectivity index (χ2n) is 8.06. The van der Waals surface area contributed by atoms with Gasteiger partial charge in [0.05, 0.1) is 5.69 Å². The lowest BCUT2D eigenvalue weighted by atomic mass is 9.99. The van der Waals surface area contributed by atoms with Crippen LogP contribution in [0.1, 0.15) is 17.5 Å². The van der Waals surface area contributed by atoms with Gasteiger partial charge >= 0.3 is 0 Å². The molecular formula is C26H23N3O2. The Morgan fingerprint density at radius 3 is 2.68 bits per heavy atom. The second kappa shape index (κ2) is 7.84. The van der Waals surface area contributed by atoms with E-state index in [1.807, 2.05) is 42.5 Å². The van der Waals surface area contributed by atoms with Crippen LogP contribution in [0.15, 0.2) is 77.6 Å². The lowest BCUT2D eigenvalue weighted by Crippen LogP contribution is -2.40. The predicted molar refractivity (Wildman–Crippen MR) is 123 cm³/mol. The molecule has 0 aliphatic carbocycles. The fraction of sp³-hybridized carbons (Fsp3) is 0.192. The molecule has 1 aliphatic heterocycles. The standard InChI is InChI=1S/C26H23N3O2/c1-18-8-12-24-22(15-18)7-4-14-28(24)26(31)17-29-25(30)13-11-23(27-29)21-10-9-19-5-2-3-6-20(19)16-21/h2-3,5-6,8-13,15-16H,4,7,14,17H2,1H3. The maximum absolute atomic E-state index is 13.1. The summed E-state index contributed by atoms with van der Waals surface area (Å²) in [6.07, 6.45) is 1.89. The highest BCUT2D eigenvalue weighted by atomic mass is 16.2. The van der Waals surface area contributed by atoms with Crippen molar-refractivity contribution in [2.24, 2.45) is 0 Å². The first-order chi connectivity index (χ1) is 15.1. The Kier molecular flexibility index (Phi) is 4.86. The molecule has 0 spiro atoms. The summed E-state index contributed by atoms with van der Waals surface area (Å²) in [5.41, 5.74) is 4.63. The zero-order valence-corrected chi connectivity index (χ0v) is 17.4. The van der Waals surface area contributed by atoms with Gasteiger partial charge in [0.1, 0.15) is 6.54 Å².